The molecule has 1 saturated heterocycles. The number of hydrogen-bond donors (Lipinski definition) is 1. The molecule has 0 aromatic carbocycles. The Kier molecular flexibility index (Phi) is 1.57. The van der Waals surface area contributed by atoms with Crippen LogP contribution < -0.4 is 0 Å². The van der Waals surface area contributed by atoms with Gasteiger partial charge in [0.15, 0.2) is 0 Å². The molecule has 1 rings (SSSR count). The van der Waals surface area contributed by atoms with Gasteiger partial charge in [0.25, 0.3) is 0 Å². The van der Waals surface area contributed by atoms with Crippen LogP contribution in [0.1, 0.15) is 0 Å². The fourth-order valence-electron chi connectivity index (χ4n) is 0.515. The summed E-state index contributed by atoms with van der Waals surface area (Å²) in [5.74, 6) is 1.84. The van der Waals surface area contributed by atoms with E-state index in [-0.39, 0.29) is 6.23 Å². The lowest BCUT2D eigenvalue weighted by Crippen LogP contribution is -2.25. The summed E-state index contributed by atoms with van der Waals surface area (Å²) >= 11 is 1.77. The van der Waals surface area contributed by atoms with Gasteiger partial charge in [-0.2, -0.15) is 0 Å². The fraction of sp³-hybridized carbons (Fsp3) is 1.00. The van der Waals surface area contributed by atoms with Crippen LogP contribution in [0.25, 0.3) is 0 Å². The second kappa shape index (κ2) is 2.03. The van der Waals surface area contributed by atoms with E-state index in [0.717, 1.165) is 11.6 Å². The summed E-state index contributed by atoms with van der Waals surface area (Å²) in [6.07, 6.45) is -0.190. The molecule has 1 N–H and O–H groups in total. The SMILES string of the molecule is CN1CSCC1O. The van der Waals surface area contributed by atoms with Gasteiger partial charge >= 0.3 is 0 Å². The Hall–Kier alpha value is 0.270. The Morgan fingerprint density at radius 3 is 2.71 bits per heavy atom. The number of nitrogens with zero attached hydrogens (tertiary/aromatic N) is 1. The first-order valence-corrected chi connectivity index (χ1v) is 3.42. The molecule has 1 aliphatic heterocycles. The summed E-state index contributed by atoms with van der Waals surface area (Å²) in [5, 5.41) is 8.90. The Bertz CT molecular complexity index is 60.7. The molecule has 0 aromatic rings. The third-order valence-corrected chi connectivity index (χ3v) is 2.19. The largest absolute Gasteiger partial charge is 0.377 e. The number of thioether (sulfide) groups is 1. The molecule has 0 aliphatic carbocycles. The van der Waals surface area contributed by atoms with Crippen LogP contribution >= 0.6 is 11.8 Å². The molecule has 42 valence electrons. The van der Waals surface area contributed by atoms with Crippen LogP contribution in [0.5, 0.6) is 0 Å². The van der Waals surface area contributed by atoms with Crippen molar-refractivity contribution in [2.24, 2.45) is 0 Å². The minimum atomic E-state index is -0.190. The van der Waals surface area contributed by atoms with Gasteiger partial charge in [-0.3, -0.25) is 4.90 Å². The maximum atomic E-state index is 8.90. The van der Waals surface area contributed by atoms with Gasteiger partial charge in [0.1, 0.15) is 6.23 Å². The second-order valence-electron chi connectivity index (χ2n) is 1.74. The molecule has 7 heavy (non-hydrogen) atoms. The van der Waals surface area contributed by atoms with Crippen LogP contribution in [0.3, 0.4) is 0 Å². The molecule has 1 fully saturated rings. The van der Waals surface area contributed by atoms with Gasteiger partial charge in [0, 0.05) is 11.6 Å². The van der Waals surface area contributed by atoms with Gasteiger partial charge in [-0.1, -0.05) is 0 Å². The van der Waals surface area contributed by atoms with Crippen LogP contribution in [0, 0.1) is 0 Å². The van der Waals surface area contributed by atoms with Gasteiger partial charge in [-0.05, 0) is 7.05 Å². The summed E-state index contributed by atoms with van der Waals surface area (Å²) in [6, 6.07) is 0. The van der Waals surface area contributed by atoms with Gasteiger partial charge in [0.2, 0.25) is 0 Å². The summed E-state index contributed by atoms with van der Waals surface area (Å²) in [5.41, 5.74) is 0. The van der Waals surface area contributed by atoms with E-state index in [0.29, 0.717) is 0 Å². The first-order valence-electron chi connectivity index (χ1n) is 2.27. The monoisotopic (exact) mass is 119 g/mol. The lowest BCUT2D eigenvalue weighted by atomic mass is 10.6. The van der Waals surface area contributed by atoms with Crippen LogP contribution in [0.2, 0.25) is 0 Å². The maximum Gasteiger partial charge on any atom is 0.116 e. The highest BCUT2D eigenvalue weighted by Gasteiger charge is 2.16. The molecule has 1 unspecified atom stereocenters. The highest BCUT2D eigenvalue weighted by molar-refractivity contribution is 7.99. The molecule has 0 radical (unpaired) electrons. The average Bonchev–Trinajstić information content (AvgIpc) is 1.91. The van der Waals surface area contributed by atoms with E-state index in [2.05, 4.69) is 0 Å². The number of aliphatic hydroxyl groups is 1. The molecular weight excluding hydrogens is 110 g/mol. The summed E-state index contributed by atoms with van der Waals surface area (Å²) in [4.78, 5) is 1.92. The zero-order valence-corrected chi connectivity index (χ0v) is 5.11. The first kappa shape index (κ1) is 5.41. The van der Waals surface area contributed by atoms with E-state index in [9.17, 15) is 0 Å². The van der Waals surface area contributed by atoms with E-state index in [1.807, 2.05) is 11.9 Å². The van der Waals surface area contributed by atoms with Crippen molar-refractivity contribution in [1.82, 2.24) is 4.90 Å². The lowest BCUT2D eigenvalue weighted by Gasteiger charge is -2.09. The molecule has 2 nitrogen and oxygen atoms in total. The molecule has 0 amide bonds. The normalized spacial score (nSPS) is 34.3. The zero-order chi connectivity index (χ0) is 5.28. The van der Waals surface area contributed by atoms with Gasteiger partial charge in [0.05, 0.1) is 0 Å². The van der Waals surface area contributed by atoms with Crippen molar-refractivity contribution in [3.05, 3.63) is 0 Å². The highest BCUT2D eigenvalue weighted by atomic mass is 32.2. The molecule has 0 spiro atoms. The summed E-state index contributed by atoms with van der Waals surface area (Å²) < 4.78 is 0. The first-order chi connectivity index (χ1) is 3.30. The highest BCUT2D eigenvalue weighted by Crippen LogP contribution is 2.15. The number of hydrogen-bond acceptors (Lipinski definition) is 3. The topological polar surface area (TPSA) is 23.5 Å². The molecule has 0 aromatic heterocycles. The van der Waals surface area contributed by atoms with Crippen molar-refractivity contribution in [3.8, 4) is 0 Å². The van der Waals surface area contributed by atoms with Gasteiger partial charge < -0.3 is 5.11 Å². The fourth-order valence-corrected chi connectivity index (χ4v) is 1.55. The van der Waals surface area contributed by atoms with Crippen LogP contribution in [-0.2, 0) is 0 Å². The van der Waals surface area contributed by atoms with Crippen molar-refractivity contribution in [2.75, 3.05) is 18.7 Å². The maximum absolute atomic E-state index is 8.90. The molecule has 0 saturated carbocycles. The van der Waals surface area contributed by atoms with E-state index in [1.54, 1.807) is 11.8 Å². The zero-order valence-electron chi connectivity index (χ0n) is 4.29. The van der Waals surface area contributed by atoms with E-state index < -0.39 is 0 Å². The Morgan fingerprint density at radius 2 is 2.57 bits per heavy atom. The standard InChI is InChI=1S/C4H9NOS/c1-5-3-7-2-4(5)6/h4,6H,2-3H2,1H3. The van der Waals surface area contributed by atoms with Crippen molar-refractivity contribution < 1.29 is 5.11 Å². The minimum Gasteiger partial charge on any atom is -0.377 e. The van der Waals surface area contributed by atoms with Crippen molar-refractivity contribution in [1.29, 1.82) is 0 Å². The third kappa shape index (κ3) is 1.08. The van der Waals surface area contributed by atoms with Gasteiger partial charge in [-0.15, -0.1) is 11.8 Å². The summed E-state index contributed by atoms with van der Waals surface area (Å²) in [7, 11) is 1.92. The molecule has 1 heterocycles. The van der Waals surface area contributed by atoms with Crippen LogP contribution in [0.15, 0.2) is 0 Å². The van der Waals surface area contributed by atoms with Crippen LogP contribution in [0.4, 0.5) is 0 Å². The van der Waals surface area contributed by atoms with E-state index >= 15 is 0 Å². The molecule has 1 aliphatic rings. The number of aliphatic hydroxyl groups excluding tert-OH is 1. The van der Waals surface area contributed by atoms with E-state index in [4.69, 9.17) is 5.11 Å². The Balaban J connectivity index is 2.33. The smallest absolute Gasteiger partial charge is 0.116 e. The van der Waals surface area contributed by atoms with Crippen molar-refractivity contribution in [2.45, 2.75) is 6.23 Å². The van der Waals surface area contributed by atoms with Crippen molar-refractivity contribution >= 4 is 11.8 Å². The quantitative estimate of drug-likeness (QED) is 0.483. The van der Waals surface area contributed by atoms with Gasteiger partial charge in [-0.25, -0.2) is 0 Å². The van der Waals surface area contributed by atoms with E-state index in [1.165, 1.54) is 0 Å². The number of rotatable bonds is 0. The molecule has 1 atom stereocenters. The molecule has 0 bridgehead atoms. The molecule has 3 heteroatoms. The average molecular weight is 119 g/mol. The molecular formula is C4H9NOS. The Morgan fingerprint density at radius 1 is 1.86 bits per heavy atom. The predicted octanol–water partition coefficient (Wildman–Crippen LogP) is -0.0591. The Labute approximate surface area is 47.5 Å². The minimum absolute atomic E-state index is 0.190. The predicted molar refractivity (Wildman–Crippen MR) is 31.1 cm³/mol. The van der Waals surface area contributed by atoms with Crippen LogP contribution in [-0.4, -0.2) is 34.9 Å². The summed E-state index contributed by atoms with van der Waals surface area (Å²) in [6.45, 7) is 0. The lowest BCUT2D eigenvalue weighted by molar-refractivity contribution is 0.0671. The third-order valence-electron chi connectivity index (χ3n) is 1.07. The van der Waals surface area contributed by atoms with Crippen molar-refractivity contribution in [3.63, 3.8) is 0 Å². The second-order valence-corrected chi connectivity index (χ2v) is 2.74.